The van der Waals surface area contributed by atoms with Crippen molar-refractivity contribution in [3.63, 3.8) is 0 Å². The minimum atomic E-state index is 0.330. The van der Waals surface area contributed by atoms with Gasteiger partial charge in [0.05, 0.1) is 0 Å². The van der Waals surface area contributed by atoms with E-state index in [4.69, 9.17) is 5.73 Å². The molecule has 2 aliphatic carbocycles. The molecule has 3 heteroatoms. The van der Waals surface area contributed by atoms with Crippen LogP contribution in [0.2, 0.25) is 0 Å². The van der Waals surface area contributed by atoms with Crippen molar-refractivity contribution in [3.8, 4) is 0 Å². The number of rotatable bonds is 1. The summed E-state index contributed by atoms with van der Waals surface area (Å²) >= 11 is 0. The summed E-state index contributed by atoms with van der Waals surface area (Å²) in [6.45, 7) is 2.01. The lowest BCUT2D eigenvalue weighted by molar-refractivity contribution is -0.135. The number of nitrogens with zero attached hydrogens (tertiary/aromatic N) is 1. The zero-order chi connectivity index (χ0) is 13.2. The molecule has 3 rings (SSSR count). The topological polar surface area (TPSA) is 46.3 Å². The molecule has 108 valence electrons. The summed E-state index contributed by atoms with van der Waals surface area (Å²) < 4.78 is 0. The van der Waals surface area contributed by atoms with E-state index < -0.39 is 0 Å². The fraction of sp³-hybridized carbons (Fsp3) is 0.938. The van der Waals surface area contributed by atoms with Crippen molar-refractivity contribution in [2.24, 2.45) is 23.5 Å². The largest absolute Gasteiger partial charge is 0.342 e. The molecule has 2 N–H and O–H groups in total. The van der Waals surface area contributed by atoms with Crippen LogP contribution in [-0.2, 0) is 4.79 Å². The molecule has 1 unspecified atom stereocenters. The maximum atomic E-state index is 12.7. The van der Waals surface area contributed by atoms with Crippen molar-refractivity contribution in [1.82, 2.24) is 4.90 Å². The van der Waals surface area contributed by atoms with Crippen LogP contribution in [0.1, 0.15) is 57.8 Å². The Hall–Kier alpha value is -0.570. The molecule has 3 fully saturated rings. The van der Waals surface area contributed by atoms with E-state index in [0.29, 0.717) is 23.8 Å². The van der Waals surface area contributed by atoms with E-state index in [1.807, 2.05) is 0 Å². The second kappa shape index (κ2) is 5.82. The van der Waals surface area contributed by atoms with Gasteiger partial charge in [-0.25, -0.2) is 0 Å². The van der Waals surface area contributed by atoms with E-state index in [2.05, 4.69) is 4.90 Å². The Kier molecular flexibility index (Phi) is 4.11. The summed E-state index contributed by atoms with van der Waals surface area (Å²) in [6.07, 6.45) is 10.9. The van der Waals surface area contributed by atoms with Gasteiger partial charge in [0.15, 0.2) is 0 Å². The second-order valence-corrected chi connectivity index (χ2v) is 7.02. The highest BCUT2D eigenvalue weighted by molar-refractivity contribution is 5.79. The highest BCUT2D eigenvalue weighted by Gasteiger charge is 2.39. The summed E-state index contributed by atoms with van der Waals surface area (Å²) in [4.78, 5) is 14.9. The summed E-state index contributed by atoms with van der Waals surface area (Å²) in [5.74, 6) is 2.23. The molecule has 3 atom stereocenters. The van der Waals surface area contributed by atoms with E-state index >= 15 is 0 Å². The van der Waals surface area contributed by atoms with Crippen LogP contribution < -0.4 is 5.73 Å². The van der Waals surface area contributed by atoms with Gasteiger partial charge in [-0.3, -0.25) is 4.79 Å². The molecule has 0 radical (unpaired) electrons. The molecular weight excluding hydrogens is 236 g/mol. The van der Waals surface area contributed by atoms with E-state index in [1.54, 1.807) is 0 Å². The average molecular weight is 264 g/mol. The number of hydrogen-bond donors (Lipinski definition) is 1. The number of hydrogen-bond acceptors (Lipinski definition) is 2. The second-order valence-electron chi connectivity index (χ2n) is 7.02. The van der Waals surface area contributed by atoms with Gasteiger partial charge < -0.3 is 10.6 Å². The zero-order valence-electron chi connectivity index (χ0n) is 12.0. The Morgan fingerprint density at radius 3 is 2.32 bits per heavy atom. The minimum Gasteiger partial charge on any atom is -0.342 e. The van der Waals surface area contributed by atoms with Gasteiger partial charge in [0.1, 0.15) is 0 Å². The van der Waals surface area contributed by atoms with E-state index in [1.165, 1.54) is 32.1 Å². The Labute approximate surface area is 116 Å². The third kappa shape index (κ3) is 2.96. The monoisotopic (exact) mass is 264 g/mol. The SMILES string of the molecule is NC1CC[C@@H]2CN(C(=O)C3CCCCCC3)C[C@@H]2C1. The minimum absolute atomic E-state index is 0.330. The molecule has 3 aliphatic rings. The van der Waals surface area contributed by atoms with Gasteiger partial charge in [-0.15, -0.1) is 0 Å². The van der Waals surface area contributed by atoms with Gasteiger partial charge in [0.25, 0.3) is 0 Å². The van der Waals surface area contributed by atoms with Crippen molar-refractivity contribution >= 4 is 5.91 Å². The molecular formula is C16H28N2O. The first-order chi connectivity index (χ1) is 9.24. The standard InChI is InChI=1S/C16H28N2O/c17-15-8-7-13-10-18(11-14(13)9-15)16(19)12-5-3-1-2-4-6-12/h12-15H,1-11,17H2/t13-,14+,15?/m1/s1. The number of carbonyl (C=O) groups excluding carboxylic acids is 1. The number of amides is 1. The Bertz CT molecular complexity index is 323. The molecule has 0 bridgehead atoms. The predicted octanol–water partition coefficient (Wildman–Crippen LogP) is 2.54. The van der Waals surface area contributed by atoms with Crippen molar-refractivity contribution < 1.29 is 4.79 Å². The normalized spacial score (nSPS) is 36.9. The van der Waals surface area contributed by atoms with Gasteiger partial charge >= 0.3 is 0 Å². The van der Waals surface area contributed by atoms with Crippen molar-refractivity contribution in [2.75, 3.05) is 13.1 Å². The first-order valence-electron chi connectivity index (χ1n) is 8.28. The molecule has 1 amide bonds. The van der Waals surface area contributed by atoms with Crippen LogP contribution in [0.3, 0.4) is 0 Å². The molecule has 1 heterocycles. The van der Waals surface area contributed by atoms with Gasteiger partial charge in [-0.05, 0) is 43.9 Å². The fourth-order valence-corrected chi connectivity index (χ4v) is 4.43. The lowest BCUT2D eigenvalue weighted by Gasteiger charge is -2.27. The van der Waals surface area contributed by atoms with Crippen LogP contribution in [0, 0.1) is 17.8 Å². The lowest BCUT2D eigenvalue weighted by atomic mass is 9.79. The van der Waals surface area contributed by atoms with Crippen LogP contribution in [0.15, 0.2) is 0 Å². The molecule has 19 heavy (non-hydrogen) atoms. The Balaban J connectivity index is 1.58. The third-order valence-electron chi connectivity index (χ3n) is 5.61. The molecule has 1 aliphatic heterocycles. The number of likely N-dealkylation sites (tertiary alicyclic amines) is 1. The molecule has 1 saturated heterocycles. The van der Waals surface area contributed by atoms with E-state index in [-0.39, 0.29) is 0 Å². The maximum absolute atomic E-state index is 12.7. The molecule has 2 saturated carbocycles. The highest BCUT2D eigenvalue weighted by atomic mass is 16.2. The molecule has 0 aromatic carbocycles. The summed E-state index contributed by atoms with van der Waals surface area (Å²) in [6, 6.07) is 0.384. The third-order valence-corrected chi connectivity index (χ3v) is 5.61. The smallest absolute Gasteiger partial charge is 0.225 e. The summed E-state index contributed by atoms with van der Waals surface area (Å²) in [7, 11) is 0. The van der Waals surface area contributed by atoms with E-state index in [0.717, 1.165) is 44.7 Å². The van der Waals surface area contributed by atoms with E-state index in [9.17, 15) is 4.79 Å². The van der Waals surface area contributed by atoms with Crippen LogP contribution in [0.4, 0.5) is 0 Å². The average Bonchev–Trinajstić information content (AvgIpc) is 2.64. The van der Waals surface area contributed by atoms with Crippen LogP contribution in [-0.4, -0.2) is 29.9 Å². The first-order valence-corrected chi connectivity index (χ1v) is 8.28. The Morgan fingerprint density at radius 1 is 0.895 bits per heavy atom. The maximum Gasteiger partial charge on any atom is 0.225 e. The number of carbonyl (C=O) groups is 1. The lowest BCUT2D eigenvalue weighted by Crippen LogP contribution is -2.34. The number of fused-ring (bicyclic) bond motifs is 1. The van der Waals surface area contributed by atoms with Crippen LogP contribution >= 0.6 is 0 Å². The van der Waals surface area contributed by atoms with Crippen LogP contribution in [0.5, 0.6) is 0 Å². The van der Waals surface area contributed by atoms with Crippen molar-refractivity contribution in [2.45, 2.75) is 63.8 Å². The Morgan fingerprint density at radius 2 is 1.58 bits per heavy atom. The molecule has 0 aromatic rings. The van der Waals surface area contributed by atoms with Gasteiger partial charge in [-0.1, -0.05) is 25.7 Å². The molecule has 3 nitrogen and oxygen atoms in total. The summed E-state index contributed by atoms with van der Waals surface area (Å²) in [5, 5.41) is 0. The van der Waals surface area contributed by atoms with Gasteiger partial charge in [0.2, 0.25) is 5.91 Å². The molecule has 0 spiro atoms. The number of nitrogens with two attached hydrogens (primary N) is 1. The highest BCUT2D eigenvalue weighted by Crippen LogP contribution is 2.37. The molecule has 0 aromatic heterocycles. The van der Waals surface area contributed by atoms with Gasteiger partial charge in [0, 0.05) is 25.0 Å². The van der Waals surface area contributed by atoms with Gasteiger partial charge in [-0.2, -0.15) is 0 Å². The zero-order valence-corrected chi connectivity index (χ0v) is 12.0. The fourth-order valence-electron chi connectivity index (χ4n) is 4.43. The first kappa shape index (κ1) is 13.4. The van der Waals surface area contributed by atoms with Crippen LogP contribution in [0.25, 0.3) is 0 Å². The van der Waals surface area contributed by atoms with Crippen molar-refractivity contribution in [3.05, 3.63) is 0 Å². The van der Waals surface area contributed by atoms with Crippen molar-refractivity contribution in [1.29, 1.82) is 0 Å². The predicted molar refractivity (Wildman–Crippen MR) is 76.6 cm³/mol. The quantitative estimate of drug-likeness (QED) is 0.740. The summed E-state index contributed by atoms with van der Waals surface area (Å²) in [5.41, 5.74) is 6.07.